The second kappa shape index (κ2) is 8.71. The Morgan fingerprint density at radius 1 is 1.17 bits per heavy atom. The first kappa shape index (κ1) is 17.5. The number of benzene rings is 1. The largest absolute Gasteiger partial charge is 0.460 e. The van der Waals surface area contributed by atoms with Crippen LogP contribution in [0.2, 0.25) is 0 Å². The van der Waals surface area contributed by atoms with E-state index in [2.05, 4.69) is 20.8 Å². The Kier molecular flexibility index (Phi) is 6.64. The standard InChI is InChI=1S/C15H17N5OS.ClH/c1-20-15(17-18-19-20)22-10-9-16-11-13-7-8-14(21-13)12-5-3-2-4-6-12;/h2-8,16H,9-11H2,1H3;1H. The molecule has 0 saturated carbocycles. The minimum absolute atomic E-state index is 0. The van der Waals surface area contributed by atoms with Crippen LogP contribution in [0, 0.1) is 0 Å². The molecule has 1 N–H and O–H groups in total. The van der Waals surface area contributed by atoms with Gasteiger partial charge in [-0.05, 0) is 22.6 Å². The molecule has 2 heterocycles. The summed E-state index contributed by atoms with van der Waals surface area (Å²) in [5.74, 6) is 2.74. The first-order valence-electron chi connectivity index (χ1n) is 7.03. The summed E-state index contributed by atoms with van der Waals surface area (Å²) in [6.07, 6.45) is 0. The molecule has 0 aliphatic rings. The third-order valence-electron chi connectivity index (χ3n) is 3.11. The van der Waals surface area contributed by atoms with Crippen LogP contribution >= 0.6 is 24.2 Å². The molecule has 0 atom stereocenters. The minimum atomic E-state index is 0. The molecule has 8 heteroatoms. The first-order chi connectivity index (χ1) is 10.8. The van der Waals surface area contributed by atoms with Gasteiger partial charge in [0.25, 0.3) is 0 Å². The van der Waals surface area contributed by atoms with Gasteiger partial charge < -0.3 is 9.73 Å². The van der Waals surface area contributed by atoms with E-state index in [0.29, 0.717) is 6.54 Å². The zero-order chi connectivity index (χ0) is 15.2. The van der Waals surface area contributed by atoms with Gasteiger partial charge in [0.05, 0.1) is 6.54 Å². The molecule has 3 aromatic rings. The molecule has 0 radical (unpaired) electrons. The highest BCUT2D eigenvalue weighted by Gasteiger charge is 2.05. The zero-order valence-corrected chi connectivity index (χ0v) is 14.3. The number of aryl methyl sites for hydroxylation is 1. The quantitative estimate of drug-likeness (QED) is 0.521. The van der Waals surface area contributed by atoms with Crippen molar-refractivity contribution in [1.29, 1.82) is 0 Å². The predicted molar refractivity (Wildman–Crippen MR) is 92.6 cm³/mol. The number of tetrazole rings is 1. The van der Waals surface area contributed by atoms with Gasteiger partial charge in [-0.3, -0.25) is 0 Å². The number of rotatable bonds is 7. The van der Waals surface area contributed by atoms with Crippen LogP contribution in [0.5, 0.6) is 0 Å². The van der Waals surface area contributed by atoms with Crippen LogP contribution in [-0.2, 0) is 13.6 Å². The van der Waals surface area contributed by atoms with Crippen molar-refractivity contribution in [3.63, 3.8) is 0 Å². The molecule has 2 aromatic heterocycles. The molecule has 6 nitrogen and oxygen atoms in total. The first-order valence-corrected chi connectivity index (χ1v) is 8.01. The molecule has 3 rings (SSSR count). The van der Waals surface area contributed by atoms with Crippen LogP contribution in [-0.4, -0.2) is 32.5 Å². The lowest BCUT2D eigenvalue weighted by Gasteiger charge is -2.02. The van der Waals surface area contributed by atoms with E-state index in [0.717, 1.165) is 34.5 Å². The third-order valence-corrected chi connectivity index (χ3v) is 4.12. The minimum Gasteiger partial charge on any atom is -0.460 e. The fourth-order valence-corrected chi connectivity index (χ4v) is 2.75. The molecule has 0 fully saturated rings. The van der Waals surface area contributed by atoms with Crippen molar-refractivity contribution in [2.45, 2.75) is 11.7 Å². The van der Waals surface area contributed by atoms with E-state index in [1.807, 2.05) is 49.5 Å². The van der Waals surface area contributed by atoms with Crippen LogP contribution in [0.3, 0.4) is 0 Å². The van der Waals surface area contributed by atoms with Gasteiger partial charge in [-0.25, -0.2) is 4.68 Å². The monoisotopic (exact) mass is 351 g/mol. The van der Waals surface area contributed by atoms with Gasteiger partial charge >= 0.3 is 0 Å². The molecule has 0 aliphatic carbocycles. The summed E-state index contributed by atoms with van der Waals surface area (Å²) in [7, 11) is 1.84. The molecule has 23 heavy (non-hydrogen) atoms. The molecule has 0 aliphatic heterocycles. The third kappa shape index (κ3) is 4.82. The lowest BCUT2D eigenvalue weighted by atomic mass is 10.2. The Bertz CT molecular complexity index is 715. The van der Waals surface area contributed by atoms with Crippen LogP contribution in [0.1, 0.15) is 5.76 Å². The Morgan fingerprint density at radius 3 is 2.74 bits per heavy atom. The molecule has 1 aromatic carbocycles. The number of nitrogens with one attached hydrogen (secondary N) is 1. The Hall–Kier alpha value is -1.83. The van der Waals surface area contributed by atoms with Gasteiger partial charge in [0.1, 0.15) is 11.5 Å². The van der Waals surface area contributed by atoms with Crippen molar-refractivity contribution in [2.24, 2.45) is 7.05 Å². The van der Waals surface area contributed by atoms with Crippen molar-refractivity contribution in [2.75, 3.05) is 12.3 Å². The smallest absolute Gasteiger partial charge is 0.209 e. The lowest BCUT2D eigenvalue weighted by molar-refractivity contribution is 0.499. The summed E-state index contributed by atoms with van der Waals surface area (Å²) in [5.41, 5.74) is 1.10. The van der Waals surface area contributed by atoms with E-state index in [1.54, 1.807) is 16.4 Å². The topological polar surface area (TPSA) is 68.8 Å². The number of aromatic nitrogens is 4. The van der Waals surface area contributed by atoms with Crippen molar-refractivity contribution < 1.29 is 4.42 Å². The van der Waals surface area contributed by atoms with Gasteiger partial charge in [0, 0.05) is 24.9 Å². The average Bonchev–Trinajstić information content (AvgIpc) is 3.17. The van der Waals surface area contributed by atoms with Gasteiger partial charge in [0.2, 0.25) is 5.16 Å². The van der Waals surface area contributed by atoms with E-state index in [1.165, 1.54) is 0 Å². The average molecular weight is 352 g/mol. The predicted octanol–water partition coefficient (Wildman–Crippen LogP) is 2.77. The maximum absolute atomic E-state index is 5.84. The molecular formula is C15H18ClN5OS. The molecule has 0 bridgehead atoms. The second-order valence-corrected chi connectivity index (χ2v) is 5.80. The van der Waals surface area contributed by atoms with E-state index >= 15 is 0 Å². The SMILES string of the molecule is Cl.Cn1nnnc1SCCNCc1ccc(-c2ccccc2)o1. The molecule has 0 spiro atoms. The highest BCUT2D eigenvalue weighted by molar-refractivity contribution is 7.99. The van der Waals surface area contributed by atoms with Crippen LogP contribution in [0.4, 0.5) is 0 Å². The van der Waals surface area contributed by atoms with E-state index in [4.69, 9.17) is 4.42 Å². The molecular weight excluding hydrogens is 334 g/mol. The van der Waals surface area contributed by atoms with E-state index < -0.39 is 0 Å². The number of nitrogens with zero attached hydrogens (tertiary/aromatic N) is 4. The van der Waals surface area contributed by atoms with E-state index in [-0.39, 0.29) is 12.4 Å². The van der Waals surface area contributed by atoms with E-state index in [9.17, 15) is 0 Å². The van der Waals surface area contributed by atoms with Gasteiger partial charge in [-0.1, -0.05) is 42.1 Å². The molecule has 0 amide bonds. The van der Waals surface area contributed by atoms with Gasteiger partial charge in [0.15, 0.2) is 0 Å². The van der Waals surface area contributed by atoms with Crippen molar-refractivity contribution >= 4 is 24.2 Å². The number of furan rings is 1. The summed E-state index contributed by atoms with van der Waals surface area (Å²) >= 11 is 1.62. The summed E-state index contributed by atoms with van der Waals surface area (Å²) in [5, 5.41) is 15.5. The van der Waals surface area contributed by atoms with Gasteiger partial charge in [-0.2, -0.15) is 0 Å². The van der Waals surface area contributed by atoms with Gasteiger partial charge in [-0.15, -0.1) is 17.5 Å². The molecule has 0 saturated heterocycles. The fraction of sp³-hybridized carbons (Fsp3) is 0.267. The van der Waals surface area contributed by atoms with Crippen LogP contribution in [0.15, 0.2) is 52.0 Å². The highest BCUT2D eigenvalue weighted by atomic mass is 35.5. The zero-order valence-electron chi connectivity index (χ0n) is 12.7. The summed E-state index contributed by atoms with van der Waals surface area (Å²) < 4.78 is 7.51. The maximum atomic E-state index is 5.84. The molecule has 122 valence electrons. The van der Waals surface area contributed by atoms with Crippen LogP contribution < -0.4 is 5.32 Å². The summed E-state index contributed by atoms with van der Waals surface area (Å²) in [4.78, 5) is 0. The Labute approximate surface area is 145 Å². The number of thioether (sulfide) groups is 1. The summed E-state index contributed by atoms with van der Waals surface area (Å²) in [6, 6.07) is 14.1. The van der Waals surface area contributed by atoms with Crippen molar-refractivity contribution in [3.8, 4) is 11.3 Å². The van der Waals surface area contributed by atoms with Crippen molar-refractivity contribution in [1.82, 2.24) is 25.5 Å². The number of hydrogen-bond acceptors (Lipinski definition) is 6. The normalized spacial score (nSPS) is 10.5. The Morgan fingerprint density at radius 2 is 2.00 bits per heavy atom. The lowest BCUT2D eigenvalue weighted by Crippen LogP contribution is -2.16. The second-order valence-electron chi connectivity index (χ2n) is 4.74. The Balaban J connectivity index is 0.00000192. The maximum Gasteiger partial charge on any atom is 0.209 e. The highest BCUT2D eigenvalue weighted by Crippen LogP contribution is 2.21. The number of halogens is 1. The number of hydrogen-bond donors (Lipinski definition) is 1. The van der Waals surface area contributed by atoms with Crippen LogP contribution in [0.25, 0.3) is 11.3 Å². The fourth-order valence-electron chi connectivity index (χ4n) is 2.00. The summed E-state index contributed by atoms with van der Waals surface area (Å²) in [6.45, 7) is 1.57. The van der Waals surface area contributed by atoms with Crippen molar-refractivity contribution in [3.05, 3.63) is 48.2 Å². The molecule has 0 unspecified atom stereocenters.